The fourth-order valence-electron chi connectivity index (χ4n) is 3.50. The summed E-state index contributed by atoms with van der Waals surface area (Å²) in [6, 6.07) is 16.0. The standard InChI is InChI=1S/C23H21ClN4O4S/c24-19-6-8-21(9-7-19)33(31,32)28-13-11-27(12-14-28)23(30)17-3-1-5-20(15-17)26-22(29)18-4-2-10-25-16-18/h1-10,15-16H,11-14H2,(H,26,29). The molecule has 1 saturated heterocycles. The number of hydrogen-bond acceptors (Lipinski definition) is 5. The SMILES string of the molecule is O=C(Nc1cccc(C(=O)N2CCN(S(=O)(=O)c3ccc(Cl)cc3)CC2)c1)c1cccnc1. The number of carbonyl (C=O) groups excluding carboxylic acids is 2. The van der Waals surface area contributed by atoms with E-state index >= 15 is 0 Å². The number of benzene rings is 2. The number of pyridine rings is 1. The summed E-state index contributed by atoms with van der Waals surface area (Å²) < 4.78 is 27.1. The maximum atomic E-state index is 13.0. The van der Waals surface area contributed by atoms with Gasteiger partial charge in [-0.15, -0.1) is 0 Å². The average Bonchev–Trinajstić information content (AvgIpc) is 2.84. The molecule has 170 valence electrons. The van der Waals surface area contributed by atoms with E-state index in [4.69, 9.17) is 11.6 Å². The predicted octanol–water partition coefficient (Wildman–Crippen LogP) is 3.13. The van der Waals surface area contributed by atoms with Crippen LogP contribution < -0.4 is 5.32 Å². The van der Waals surface area contributed by atoms with E-state index < -0.39 is 10.0 Å². The van der Waals surface area contributed by atoms with Crippen molar-refractivity contribution in [2.75, 3.05) is 31.5 Å². The Labute approximate surface area is 196 Å². The van der Waals surface area contributed by atoms with Crippen LogP contribution in [0.1, 0.15) is 20.7 Å². The van der Waals surface area contributed by atoms with Gasteiger partial charge in [-0.2, -0.15) is 4.31 Å². The molecule has 0 aliphatic carbocycles. The molecule has 0 saturated carbocycles. The molecule has 4 rings (SSSR count). The van der Waals surface area contributed by atoms with Crippen LogP contribution in [0.3, 0.4) is 0 Å². The first-order chi connectivity index (χ1) is 15.8. The van der Waals surface area contributed by atoms with Crippen molar-refractivity contribution in [3.8, 4) is 0 Å². The molecule has 0 atom stereocenters. The van der Waals surface area contributed by atoms with E-state index in [1.54, 1.807) is 47.5 Å². The maximum absolute atomic E-state index is 13.0. The lowest BCUT2D eigenvalue weighted by Crippen LogP contribution is -2.50. The third kappa shape index (κ3) is 5.22. The molecule has 33 heavy (non-hydrogen) atoms. The van der Waals surface area contributed by atoms with Crippen molar-refractivity contribution in [2.45, 2.75) is 4.90 Å². The van der Waals surface area contributed by atoms with Crippen LogP contribution in [0.2, 0.25) is 5.02 Å². The van der Waals surface area contributed by atoms with Crippen LogP contribution in [0, 0.1) is 0 Å². The number of aromatic nitrogens is 1. The van der Waals surface area contributed by atoms with Crippen LogP contribution in [-0.2, 0) is 10.0 Å². The Hall–Kier alpha value is -3.27. The Morgan fingerprint density at radius 3 is 2.27 bits per heavy atom. The van der Waals surface area contributed by atoms with Crippen LogP contribution in [0.25, 0.3) is 0 Å². The van der Waals surface area contributed by atoms with Gasteiger partial charge in [-0.3, -0.25) is 14.6 Å². The van der Waals surface area contributed by atoms with Gasteiger partial charge in [-0.1, -0.05) is 17.7 Å². The lowest BCUT2D eigenvalue weighted by Gasteiger charge is -2.34. The molecule has 1 fully saturated rings. The second-order valence-electron chi connectivity index (χ2n) is 7.43. The van der Waals surface area contributed by atoms with E-state index in [2.05, 4.69) is 10.3 Å². The van der Waals surface area contributed by atoms with E-state index in [1.165, 1.54) is 34.8 Å². The second-order valence-corrected chi connectivity index (χ2v) is 9.80. The average molecular weight is 485 g/mol. The number of amides is 2. The fourth-order valence-corrected chi connectivity index (χ4v) is 5.05. The largest absolute Gasteiger partial charge is 0.336 e. The summed E-state index contributed by atoms with van der Waals surface area (Å²) in [5.74, 6) is -0.551. The molecule has 8 nitrogen and oxygen atoms in total. The summed E-state index contributed by atoms with van der Waals surface area (Å²) in [6.45, 7) is 0.901. The number of rotatable bonds is 5. The zero-order chi connectivity index (χ0) is 23.4. The van der Waals surface area contributed by atoms with Crippen molar-refractivity contribution in [3.05, 3.63) is 89.2 Å². The van der Waals surface area contributed by atoms with Crippen molar-refractivity contribution < 1.29 is 18.0 Å². The number of piperazine rings is 1. The molecule has 2 heterocycles. The Balaban J connectivity index is 1.40. The first kappa shape index (κ1) is 22.9. The highest BCUT2D eigenvalue weighted by molar-refractivity contribution is 7.89. The van der Waals surface area contributed by atoms with Gasteiger partial charge in [0, 0.05) is 54.8 Å². The molecular formula is C23H21ClN4O4S. The first-order valence-corrected chi connectivity index (χ1v) is 12.0. The van der Waals surface area contributed by atoms with Gasteiger partial charge in [-0.05, 0) is 54.6 Å². The molecule has 3 aromatic rings. The maximum Gasteiger partial charge on any atom is 0.257 e. The van der Waals surface area contributed by atoms with Crippen molar-refractivity contribution in [3.63, 3.8) is 0 Å². The zero-order valence-electron chi connectivity index (χ0n) is 17.5. The molecule has 1 aliphatic rings. The highest BCUT2D eigenvalue weighted by Gasteiger charge is 2.30. The molecule has 10 heteroatoms. The van der Waals surface area contributed by atoms with Crippen molar-refractivity contribution in [1.82, 2.24) is 14.2 Å². The Kier molecular flexibility index (Phi) is 6.73. The van der Waals surface area contributed by atoms with Gasteiger partial charge < -0.3 is 10.2 Å². The van der Waals surface area contributed by atoms with E-state index in [9.17, 15) is 18.0 Å². The third-order valence-corrected chi connectivity index (χ3v) is 7.43. The van der Waals surface area contributed by atoms with Crippen molar-refractivity contribution in [2.24, 2.45) is 0 Å². The van der Waals surface area contributed by atoms with Crippen molar-refractivity contribution >= 4 is 39.1 Å². The summed E-state index contributed by atoms with van der Waals surface area (Å²) in [5, 5.41) is 3.22. The van der Waals surface area contributed by atoms with Crippen LogP contribution in [-0.4, -0.2) is 60.6 Å². The summed E-state index contributed by atoms with van der Waals surface area (Å²) >= 11 is 5.85. The summed E-state index contributed by atoms with van der Waals surface area (Å²) in [5.41, 5.74) is 1.30. The number of sulfonamides is 1. The van der Waals surface area contributed by atoms with E-state index in [0.29, 0.717) is 21.8 Å². The number of carbonyl (C=O) groups is 2. The quantitative estimate of drug-likeness (QED) is 0.599. The van der Waals surface area contributed by atoms with Gasteiger partial charge in [0.25, 0.3) is 11.8 Å². The summed E-state index contributed by atoms with van der Waals surface area (Å²) in [4.78, 5) is 31.0. The highest BCUT2D eigenvalue weighted by atomic mass is 35.5. The van der Waals surface area contributed by atoms with Crippen LogP contribution >= 0.6 is 11.6 Å². The van der Waals surface area contributed by atoms with Gasteiger partial charge in [0.1, 0.15) is 0 Å². The number of halogens is 1. The van der Waals surface area contributed by atoms with Crippen LogP contribution in [0.5, 0.6) is 0 Å². The number of anilines is 1. The van der Waals surface area contributed by atoms with Gasteiger partial charge in [0.05, 0.1) is 10.5 Å². The van der Waals surface area contributed by atoms with Gasteiger partial charge in [0.15, 0.2) is 0 Å². The zero-order valence-corrected chi connectivity index (χ0v) is 19.1. The second kappa shape index (κ2) is 9.70. The lowest BCUT2D eigenvalue weighted by atomic mass is 10.1. The lowest BCUT2D eigenvalue weighted by molar-refractivity contribution is 0.0697. The normalized spacial score (nSPS) is 14.6. The fraction of sp³-hybridized carbons (Fsp3) is 0.174. The van der Waals surface area contributed by atoms with Crippen LogP contribution in [0.15, 0.2) is 78.0 Å². The molecule has 0 bridgehead atoms. The number of nitrogens with one attached hydrogen (secondary N) is 1. The monoisotopic (exact) mass is 484 g/mol. The van der Waals surface area contributed by atoms with E-state index in [1.807, 2.05) is 0 Å². The topological polar surface area (TPSA) is 99.7 Å². The van der Waals surface area contributed by atoms with Gasteiger partial charge in [0.2, 0.25) is 10.0 Å². The molecule has 1 N–H and O–H groups in total. The molecule has 2 amide bonds. The molecule has 2 aromatic carbocycles. The first-order valence-electron chi connectivity index (χ1n) is 10.2. The van der Waals surface area contributed by atoms with Crippen LogP contribution in [0.4, 0.5) is 5.69 Å². The molecule has 1 aliphatic heterocycles. The highest BCUT2D eigenvalue weighted by Crippen LogP contribution is 2.21. The Morgan fingerprint density at radius 1 is 0.909 bits per heavy atom. The minimum Gasteiger partial charge on any atom is -0.336 e. The van der Waals surface area contributed by atoms with Gasteiger partial charge >= 0.3 is 0 Å². The van der Waals surface area contributed by atoms with Crippen molar-refractivity contribution in [1.29, 1.82) is 0 Å². The summed E-state index contributed by atoms with van der Waals surface area (Å²) in [6.07, 6.45) is 3.04. The molecule has 0 radical (unpaired) electrons. The summed E-state index contributed by atoms with van der Waals surface area (Å²) in [7, 11) is -3.65. The van der Waals surface area contributed by atoms with E-state index in [0.717, 1.165) is 0 Å². The molecule has 0 spiro atoms. The predicted molar refractivity (Wildman–Crippen MR) is 125 cm³/mol. The smallest absolute Gasteiger partial charge is 0.257 e. The third-order valence-electron chi connectivity index (χ3n) is 5.27. The number of hydrogen-bond donors (Lipinski definition) is 1. The molecular weight excluding hydrogens is 464 g/mol. The Morgan fingerprint density at radius 2 is 1.61 bits per heavy atom. The minimum atomic E-state index is -3.65. The Bertz CT molecular complexity index is 1260. The minimum absolute atomic E-state index is 0.170. The van der Waals surface area contributed by atoms with E-state index in [-0.39, 0.29) is 42.9 Å². The molecule has 0 unspecified atom stereocenters. The van der Waals surface area contributed by atoms with Gasteiger partial charge in [-0.25, -0.2) is 8.42 Å². The number of nitrogens with zero attached hydrogens (tertiary/aromatic N) is 3. The molecule has 1 aromatic heterocycles.